The first kappa shape index (κ1) is 17.3. The molecule has 1 atom stereocenters. The summed E-state index contributed by atoms with van der Waals surface area (Å²) in [5, 5.41) is 16.1. The van der Waals surface area contributed by atoms with Crippen LogP contribution in [0.2, 0.25) is 0 Å². The summed E-state index contributed by atoms with van der Waals surface area (Å²) in [6.45, 7) is 0.0659. The summed E-state index contributed by atoms with van der Waals surface area (Å²) < 4.78 is 4.92. The van der Waals surface area contributed by atoms with E-state index in [0.717, 1.165) is 5.56 Å². The molecule has 0 fully saturated rings. The molecular formula is C17H17N2O5-. The summed E-state index contributed by atoms with van der Waals surface area (Å²) in [4.78, 5) is 34.6. The van der Waals surface area contributed by atoms with E-state index in [1.54, 1.807) is 30.3 Å². The van der Waals surface area contributed by atoms with E-state index in [4.69, 9.17) is 4.42 Å². The predicted octanol–water partition coefficient (Wildman–Crippen LogP) is -0.123. The average molecular weight is 329 g/mol. The predicted molar refractivity (Wildman–Crippen MR) is 82.7 cm³/mol. The highest BCUT2D eigenvalue weighted by Gasteiger charge is 2.15. The van der Waals surface area contributed by atoms with Gasteiger partial charge in [-0.3, -0.25) is 9.59 Å². The van der Waals surface area contributed by atoms with Crippen LogP contribution >= 0.6 is 0 Å². The first-order chi connectivity index (χ1) is 11.6. The van der Waals surface area contributed by atoms with Crippen molar-refractivity contribution in [2.75, 3.05) is 6.54 Å². The van der Waals surface area contributed by atoms with Crippen LogP contribution < -0.4 is 15.7 Å². The number of carbonyl (C=O) groups excluding carboxylic acids is 3. The topological polar surface area (TPSA) is 111 Å². The Labute approximate surface area is 138 Å². The molecule has 0 aliphatic rings. The molecule has 2 amide bonds. The highest BCUT2D eigenvalue weighted by Crippen LogP contribution is 2.03. The summed E-state index contributed by atoms with van der Waals surface area (Å²) in [6.07, 6.45) is 1.45. The lowest BCUT2D eigenvalue weighted by atomic mass is 10.1. The lowest BCUT2D eigenvalue weighted by Gasteiger charge is -2.20. The Kier molecular flexibility index (Phi) is 6.13. The molecule has 0 saturated heterocycles. The molecule has 7 nitrogen and oxygen atoms in total. The zero-order chi connectivity index (χ0) is 17.4. The number of aliphatic carboxylic acids is 1. The van der Waals surface area contributed by atoms with Crippen LogP contribution in [0.3, 0.4) is 0 Å². The monoisotopic (exact) mass is 329 g/mol. The zero-order valence-corrected chi connectivity index (χ0v) is 12.9. The van der Waals surface area contributed by atoms with Gasteiger partial charge in [-0.15, -0.1) is 0 Å². The third-order valence-corrected chi connectivity index (χ3v) is 3.28. The lowest BCUT2D eigenvalue weighted by molar-refractivity contribution is -0.308. The maximum Gasteiger partial charge on any atom is 0.286 e. The second-order valence-electron chi connectivity index (χ2n) is 5.11. The van der Waals surface area contributed by atoms with Gasteiger partial charge in [0.2, 0.25) is 5.91 Å². The third-order valence-electron chi connectivity index (χ3n) is 3.28. The van der Waals surface area contributed by atoms with Crippen molar-refractivity contribution in [1.29, 1.82) is 0 Å². The van der Waals surface area contributed by atoms with Gasteiger partial charge in [-0.25, -0.2) is 0 Å². The second-order valence-corrected chi connectivity index (χ2v) is 5.11. The van der Waals surface area contributed by atoms with E-state index < -0.39 is 23.8 Å². The lowest BCUT2D eigenvalue weighted by Crippen LogP contribution is -2.49. The Hall–Kier alpha value is -3.09. The fourth-order valence-corrected chi connectivity index (χ4v) is 2.09. The number of carboxylic acids is 1. The Bertz CT molecular complexity index is 682. The van der Waals surface area contributed by atoms with E-state index in [9.17, 15) is 19.5 Å². The molecule has 0 bridgehead atoms. The maximum absolute atomic E-state index is 11.8. The molecule has 0 radical (unpaired) electrons. The van der Waals surface area contributed by atoms with Crippen LogP contribution in [0.15, 0.2) is 53.1 Å². The van der Waals surface area contributed by atoms with E-state index >= 15 is 0 Å². The van der Waals surface area contributed by atoms with Gasteiger partial charge in [-0.05, 0) is 24.1 Å². The van der Waals surface area contributed by atoms with Crippen molar-refractivity contribution in [3.63, 3.8) is 0 Å². The van der Waals surface area contributed by atoms with Crippen LogP contribution in [0.5, 0.6) is 0 Å². The Morgan fingerprint density at radius 2 is 1.83 bits per heavy atom. The molecule has 126 valence electrons. The second kappa shape index (κ2) is 8.52. The smallest absolute Gasteiger partial charge is 0.286 e. The minimum absolute atomic E-state index is 0.0506. The molecule has 0 saturated carbocycles. The van der Waals surface area contributed by atoms with Gasteiger partial charge in [-0.1, -0.05) is 30.3 Å². The van der Waals surface area contributed by atoms with Crippen LogP contribution in [-0.2, 0) is 16.0 Å². The minimum atomic E-state index is -1.35. The molecule has 1 aromatic heterocycles. The summed E-state index contributed by atoms with van der Waals surface area (Å²) in [5.41, 5.74) is 0.776. The highest BCUT2D eigenvalue weighted by atomic mass is 16.4. The zero-order valence-electron chi connectivity index (χ0n) is 12.9. The molecule has 24 heavy (non-hydrogen) atoms. The van der Waals surface area contributed by atoms with Crippen molar-refractivity contribution in [3.05, 3.63) is 60.1 Å². The van der Waals surface area contributed by atoms with E-state index in [1.165, 1.54) is 12.3 Å². The molecule has 7 heteroatoms. The minimum Gasteiger partial charge on any atom is -0.548 e. The fourth-order valence-electron chi connectivity index (χ4n) is 2.09. The molecule has 2 aromatic rings. The van der Waals surface area contributed by atoms with Crippen LogP contribution in [0.4, 0.5) is 0 Å². The van der Waals surface area contributed by atoms with Crippen LogP contribution in [0.1, 0.15) is 22.5 Å². The highest BCUT2D eigenvalue weighted by molar-refractivity contribution is 5.91. The number of hydrogen-bond acceptors (Lipinski definition) is 5. The van der Waals surface area contributed by atoms with E-state index in [-0.39, 0.29) is 25.1 Å². The number of hydrogen-bond donors (Lipinski definition) is 2. The van der Waals surface area contributed by atoms with Crippen molar-refractivity contribution in [2.24, 2.45) is 0 Å². The van der Waals surface area contributed by atoms with Crippen molar-refractivity contribution in [1.82, 2.24) is 10.6 Å². The molecule has 2 rings (SSSR count). The normalized spacial score (nSPS) is 11.5. The number of benzene rings is 1. The van der Waals surface area contributed by atoms with Gasteiger partial charge in [0, 0.05) is 13.0 Å². The number of rotatable bonds is 8. The van der Waals surface area contributed by atoms with Crippen LogP contribution in [0, 0.1) is 0 Å². The third kappa shape index (κ3) is 5.28. The maximum atomic E-state index is 11.8. The first-order valence-corrected chi connectivity index (χ1v) is 7.42. The van der Waals surface area contributed by atoms with E-state index in [1.807, 2.05) is 6.07 Å². The molecule has 0 aliphatic carbocycles. The van der Waals surface area contributed by atoms with Gasteiger partial charge in [0.05, 0.1) is 18.3 Å². The molecule has 0 aliphatic heterocycles. The number of carboxylic acid groups (broad SMARTS) is 1. The Morgan fingerprint density at radius 1 is 1.08 bits per heavy atom. The summed E-state index contributed by atoms with van der Waals surface area (Å²) in [6, 6.07) is 10.9. The number of furan rings is 1. The van der Waals surface area contributed by atoms with Gasteiger partial charge in [0.25, 0.3) is 5.91 Å². The van der Waals surface area contributed by atoms with Gasteiger partial charge in [0.1, 0.15) is 0 Å². The van der Waals surface area contributed by atoms with Crippen molar-refractivity contribution in [3.8, 4) is 0 Å². The summed E-state index contributed by atoms with van der Waals surface area (Å²) >= 11 is 0. The van der Waals surface area contributed by atoms with Crippen molar-refractivity contribution in [2.45, 2.75) is 18.9 Å². The fraction of sp³-hybridized carbons (Fsp3) is 0.235. The Balaban J connectivity index is 1.78. The quantitative estimate of drug-likeness (QED) is 0.701. The standard InChI is InChI=1S/C17H18N2O5/c20-15(8-9-18-16(21)14-7-4-10-24-14)19-13(17(22)23)11-12-5-2-1-3-6-12/h1-7,10,13H,8-9,11H2,(H,18,21)(H,19,20)(H,22,23)/p-1/t13-/m1/s1. The summed E-state index contributed by atoms with van der Waals surface area (Å²) in [7, 11) is 0. The Morgan fingerprint density at radius 3 is 2.46 bits per heavy atom. The SMILES string of the molecule is O=C(CCNC(=O)c1ccco1)N[C@H](Cc1ccccc1)C(=O)[O-]. The molecule has 2 N–H and O–H groups in total. The van der Waals surface area contributed by atoms with E-state index in [2.05, 4.69) is 10.6 Å². The molecule has 1 aromatic carbocycles. The average Bonchev–Trinajstić information content (AvgIpc) is 3.09. The van der Waals surface area contributed by atoms with Gasteiger partial charge >= 0.3 is 0 Å². The van der Waals surface area contributed by atoms with Crippen molar-refractivity contribution >= 4 is 17.8 Å². The van der Waals surface area contributed by atoms with Crippen molar-refractivity contribution < 1.29 is 23.9 Å². The molecule has 0 unspecified atom stereocenters. The largest absolute Gasteiger partial charge is 0.548 e. The number of carbonyl (C=O) groups is 3. The number of nitrogens with one attached hydrogen (secondary N) is 2. The van der Waals surface area contributed by atoms with Gasteiger partial charge in [-0.2, -0.15) is 0 Å². The number of amides is 2. The van der Waals surface area contributed by atoms with Gasteiger partial charge < -0.3 is 25.0 Å². The summed E-state index contributed by atoms with van der Waals surface area (Å²) in [5.74, 6) is -2.13. The molecule has 0 spiro atoms. The molecular weight excluding hydrogens is 312 g/mol. The molecule has 1 heterocycles. The first-order valence-electron chi connectivity index (χ1n) is 7.42. The van der Waals surface area contributed by atoms with Gasteiger partial charge in [0.15, 0.2) is 5.76 Å². The van der Waals surface area contributed by atoms with E-state index in [0.29, 0.717) is 0 Å². The van der Waals surface area contributed by atoms with Crippen LogP contribution in [-0.4, -0.2) is 30.4 Å². The van der Waals surface area contributed by atoms with Crippen LogP contribution in [0.25, 0.3) is 0 Å².